The lowest BCUT2D eigenvalue weighted by atomic mass is 10.1. The van der Waals surface area contributed by atoms with E-state index in [1.807, 2.05) is 0 Å². The van der Waals surface area contributed by atoms with Gasteiger partial charge in [-0.1, -0.05) is 15.9 Å². The number of carbonyl (C=O) groups excluding carboxylic acids is 2. The standard InChI is InChI=1S/C13H14BrNO4/c1-19-13(18)11-6-10(16)7-15(11)12(17)8-2-4-9(14)5-3-8/h2-5,10-11,16H,6-7H2,1H3. The Labute approximate surface area is 119 Å². The fraction of sp³-hybridized carbons (Fsp3) is 0.385. The highest BCUT2D eigenvalue weighted by atomic mass is 79.9. The number of aliphatic hydroxyl groups excluding tert-OH is 1. The van der Waals surface area contributed by atoms with Crippen LogP contribution in [0.15, 0.2) is 28.7 Å². The molecule has 1 saturated heterocycles. The van der Waals surface area contributed by atoms with Crippen LogP contribution < -0.4 is 0 Å². The first-order valence-corrected chi connectivity index (χ1v) is 6.64. The number of amides is 1. The summed E-state index contributed by atoms with van der Waals surface area (Å²) in [7, 11) is 1.27. The van der Waals surface area contributed by atoms with E-state index in [1.165, 1.54) is 12.0 Å². The molecule has 1 heterocycles. The summed E-state index contributed by atoms with van der Waals surface area (Å²) in [5.74, 6) is -0.776. The molecule has 6 heteroatoms. The summed E-state index contributed by atoms with van der Waals surface area (Å²) in [6.07, 6.45) is -0.474. The second kappa shape index (κ2) is 5.71. The van der Waals surface area contributed by atoms with E-state index >= 15 is 0 Å². The summed E-state index contributed by atoms with van der Waals surface area (Å²) in [4.78, 5) is 25.3. The zero-order valence-corrected chi connectivity index (χ0v) is 12.0. The zero-order valence-electron chi connectivity index (χ0n) is 10.4. The highest BCUT2D eigenvalue weighted by molar-refractivity contribution is 9.10. The number of halogens is 1. The highest BCUT2D eigenvalue weighted by Crippen LogP contribution is 2.22. The highest BCUT2D eigenvalue weighted by Gasteiger charge is 2.39. The van der Waals surface area contributed by atoms with Crippen molar-refractivity contribution in [1.82, 2.24) is 4.90 Å². The van der Waals surface area contributed by atoms with Crippen LogP contribution in [0.1, 0.15) is 16.8 Å². The van der Waals surface area contributed by atoms with Crippen LogP contribution in [0.2, 0.25) is 0 Å². The minimum Gasteiger partial charge on any atom is -0.467 e. The van der Waals surface area contributed by atoms with Crippen molar-refractivity contribution in [2.75, 3.05) is 13.7 Å². The maximum absolute atomic E-state index is 12.3. The van der Waals surface area contributed by atoms with Crippen molar-refractivity contribution in [2.45, 2.75) is 18.6 Å². The molecule has 1 N–H and O–H groups in total. The Bertz CT molecular complexity index is 488. The number of benzene rings is 1. The molecule has 0 bridgehead atoms. The third kappa shape index (κ3) is 2.96. The number of aliphatic hydroxyl groups is 1. The van der Waals surface area contributed by atoms with Crippen molar-refractivity contribution in [3.05, 3.63) is 34.3 Å². The Balaban J connectivity index is 2.21. The first-order chi connectivity index (χ1) is 9.02. The number of esters is 1. The third-order valence-electron chi connectivity index (χ3n) is 3.10. The van der Waals surface area contributed by atoms with Gasteiger partial charge in [0.2, 0.25) is 0 Å². The molecule has 1 aliphatic rings. The lowest BCUT2D eigenvalue weighted by Crippen LogP contribution is -2.41. The van der Waals surface area contributed by atoms with Gasteiger partial charge in [0.1, 0.15) is 6.04 Å². The molecule has 0 aliphatic carbocycles. The Kier molecular flexibility index (Phi) is 4.21. The van der Waals surface area contributed by atoms with E-state index < -0.39 is 18.1 Å². The van der Waals surface area contributed by atoms with E-state index in [2.05, 4.69) is 20.7 Å². The number of methoxy groups -OCH3 is 1. The molecule has 1 aromatic carbocycles. The summed E-state index contributed by atoms with van der Waals surface area (Å²) < 4.78 is 5.54. The fourth-order valence-corrected chi connectivity index (χ4v) is 2.42. The van der Waals surface area contributed by atoms with Crippen molar-refractivity contribution in [3.8, 4) is 0 Å². The Morgan fingerprint density at radius 2 is 2.00 bits per heavy atom. The molecule has 0 aromatic heterocycles. The fourth-order valence-electron chi connectivity index (χ4n) is 2.16. The number of likely N-dealkylation sites (tertiary alicyclic amines) is 1. The quantitative estimate of drug-likeness (QED) is 0.829. The first kappa shape index (κ1) is 14.0. The molecule has 0 saturated carbocycles. The van der Waals surface area contributed by atoms with Crippen LogP contribution in [0.3, 0.4) is 0 Å². The second-order valence-electron chi connectivity index (χ2n) is 4.39. The van der Waals surface area contributed by atoms with Crippen LogP contribution >= 0.6 is 15.9 Å². The largest absolute Gasteiger partial charge is 0.467 e. The maximum atomic E-state index is 12.3. The minimum atomic E-state index is -0.712. The van der Waals surface area contributed by atoms with Crippen molar-refractivity contribution in [3.63, 3.8) is 0 Å². The zero-order chi connectivity index (χ0) is 14.0. The molecule has 1 aromatic rings. The molecule has 102 valence electrons. The average Bonchev–Trinajstić information content (AvgIpc) is 2.80. The van der Waals surface area contributed by atoms with Gasteiger partial charge < -0.3 is 14.7 Å². The van der Waals surface area contributed by atoms with Gasteiger partial charge in [-0.25, -0.2) is 4.79 Å². The molecular formula is C13H14BrNO4. The first-order valence-electron chi connectivity index (χ1n) is 5.85. The van der Waals surface area contributed by atoms with Crippen LogP contribution in [0.25, 0.3) is 0 Å². The topological polar surface area (TPSA) is 66.8 Å². The van der Waals surface area contributed by atoms with Gasteiger partial charge in [-0.05, 0) is 24.3 Å². The summed E-state index contributed by atoms with van der Waals surface area (Å²) in [5, 5.41) is 9.65. The molecular weight excluding hydrogens is 314 g/mol. The van der Waals surface area contributed by atoms with Gasteiger partial charge in [-0.2, -0.15) is 0 Å². The number of hydrogen-bond acceptors (Lipinski definition) is 4. The van der Waals surface area contributed by atoms with Crippen molar-refractivity contribution in [2.24, 2.45) is 0 Å². The number of nitrogens with zero attached hydrogens (tertiary/aromatic N) is 1. The van der Waals surface area contributed by atoms with Gasteiger partial charge in [-0.3, -0.25) is 4.79 Å². The predicted molar refractivity (Wildman–Crippen MR) is 71.6 cm³/mol. The van der Waals surface area contributed by atoms with Crippen molar-refractivity contribution < 1.29 is 19.4 Å². The van der Waals surface area contributed by atoms with Crippen molar-refractivity contribution >= 4 is 27.8 Å². The Hall–Kier alpha value is -1.40. The van der Waals surface area contributed by atoms with E-state index in [1.54, 1.807) is 24.3 Å². The van der Waals surface area contributed by atoms with E-state index in [-0.39, 0.29) is 18.9 Å². The van der Waals surface area contributed by atoms with E-state index in [4.69, 9.17) is 0 Å². The van der Waals surface area contributed by atoms with Crippen LogP contribution in [-0.2, 0) is 9.53 Å². The molecule has 0 radical (unpaired) electrons. The molecule has 2 unspecified atom stereocenters. The molecule has 19 heavy (non-hydrogen) atoms. The Morgan fingerprint density at radius 3 is 2.58 bits per heavy atom. The molecule has 1 amide bonds. The summed E-state index contributed by atoms with van der Waals surface area (Å²) in [5.41, 5.74) is 0.478. The van der Waals surface area contributed by atoms with Gasteiger partial charge in [0, 0.05) is 23.0 Å². The third-order valence-corrected chi connectivity index (χ3v) is 3.63. The van der Waals surface area contributed by atoms with E-state index in [0.29, 0.717) is 5.56 Å². The maximum Gasteiger partial charge on any atom is 0.328 e. The summed E-state index contributed by atoms with van der Waals surface area (Å²) in [6.45, 7) is 0.147. The van der Waals surface area contributed by atoms with E-state index in [0.717, 1.165) is 4.47 Å². The van der Waals surface area contributed by atoms with E-state index in [9.17, 15) is 14.7 Å². The number of ether oxygens (including phenoxy) is 1. The summed E-state index contributed by atoms with van der Waals surface area (Å²) >= 11 is 3.29. The smallest absolute Gasteiger partial charge is 0.328 e. The van der Waals surface area contributed by atoms with Gasteiger partial charge in [0.05, 0.1) is 13.2 Å². The molecule has 1 fully saturated rings. The second-order valence-corrected chi connectivity index (χ2v) is 5.31. The van der Waals surface area contributed by atoms with Gasteiger partial charge in [0.15, 0.2) is 0 Å². The number of carbonyl (C=O) groups is 2. The lowest BCUT2D eigenvalue weighted by Gasteiger charge is -2.22. The monoisotopic (exact) mass is 327 g/mol. The van der Waals surface area contributed by atoms with Crippen molar-refractivity contribution in [1.29, 1.82) is 0 Å². The minimum absolute atomic E-state index is 0.147. The normalized spacial score (nSPS) is 22.4. The average molecular weight is 328 g/mol. The van der Waals surface area contributed by atoms with Crippen LogP contribution in [-0.4, -0.2) is 47.7 Å². The Morgan fingerprint density at radius 1 is 1.37 bits per heavy atom. The molecule has 2 atom stereocenters. The predicted octanol–water partition coefficient (Wildman–Crippen LogP) is 1.20. The van der Waals surface area contributed by atoms with Crippen LogP contribution in [0, 0.1) is 0 Å². The summed E-state index contributed by atoms with van der Waals surface area (Å²) in [6, 6.07) is 6.15. The number of hydrogen-bond donors (Lipinski definition) is 1. The molecule has 1 aliphatic heterocycles. The molecule has 5 nitrogen and oxygen atoms in total. The van der Waals surface area contributed by atoms with Gasteiger partial charge in [0.25, 0.3) is 5.91 Å². The molecule has 2 rings (SSSR count). The number of β-amino-alcohol motifs (C(OH)–C–C–N with tert-alkyl or cyclic N) is 1. The van der Waals surface area contributed by atoms with Gasteiger partial charge >= 0.3 is 5.97 Å². The van der Waals surface area contributed by atoms with Crippen LogP contribution in [0.5, 0.6) is 0 Å². The number of rotatable bonds is 2. The van der Waals surface area contributed by atoms with Gasteiger partial charge in [-0.15, -0.1) is 0 Å². The van der Waals surface area contributed by atoms with Crippen LogP contribution in [0.4, 0.5) is 0 Å². The lowest BCUT2D eigenvalue weighted by molar-refractivity contribution is -0.145. The molecule has 0 spiro atoms. The SMILES string of the molecule is COC(=O)C1CC(O)CN1C(=O)c1ccc(Br)cc1.